The zero-order chi connectivity index (χ0) is 16.4. The molecular formula is C16H17F3N4. The topological polar surface area (TPSA) is 32.3 Å². The molecule has 0 saturated carbocycles. The van der Waals surface area contributed by atoms with Crippen molar-refractivity contribution in [2.45, 2.75) is 13.1 Å². The monoisotopic (exact) mass is 322 g/mol. The van der Waals surface area contributed by atoms with Crippen molar-refractivity contribution in [1.29, 1.82) is 0 Å². The fourth-order valence-electron chi connectivity index (χ4n) is 2.67. The second kappa shape index (κ2) is 6.06. The van der Waals surface area contributed by atoms with Gasteiger partial charge in [-0.05, 0) is 31.2 Å². The molecule has 0 N–H and O–H groups in total. The number of piperazine rings is 1. The van der Waals surface area contributed by atoms with Crippen LogP contribution in [-0.2, 0) is 6.18 Å². The Morgan fingerprint density at radius 3 is 2.09 bits per heavy atom. The molecule has 4 nitrogen and oxygen atoms in total. The number of benzene rings is 1. The molecule has 0 aliphatic carbocycles. The van der Waals surface area contributed by atoms with Crippen molar-refractivity contribution in [1.82, 2.24) is 9.97 Å². The van der Waals surface area contributed by atoms with E-state index < -0.39 is 11.7 Å². The lowest BCUT2D eigenvalue weighted by Crippen LogP contribution is -2.46. The number of anilines is 2. The van der Waals surface area contributed by atoms with Gasteiger partial charge < -0.3 is 9.80 Å². The number of halogens is 3. The summed E-state index contributed by atoms with van der Waals surface area (Å²) in [6.07, 6.45) is -2.74. The predicted molar refractivity (Wildman–Crippen MR) is 82.6 cm³/mol. The van der Waals surface area contributed by atoms with Crippen molar-refractivity contribution in [2.24, 2.45) is 0 Å². The Morgan fingerprint density at radius 2 is 1.52 bits per heavy atom. The van der Waals surface area contributed by atoms with Crippen LogP contribution in [0.1, 0.15) is 11.3 Å². The quantitative estimate of drug-likeness (QED) is 0.850. The van der Waals surface area contributed by atoms with Crippen LogP contribution >= 0.6 is 0 Å². The maximum Gasteiger partial charge on any atom is 0.416 e. The van der Waals surface area contributed by atoms with Gasteiger partial charge in [0.25, 0.3) is 0 Å². The molecule has 2 aromatic rings. The number of rotatable bonds is 2. The van der Waals surface area contributed by atoms with Gasteiger partial charge >= 0.3 is 6.18 Å². The average molecular weight is 322 g/mol. The van der Waals surface area contributed by atoms with Gasteiger partial charge in [0.15, 0.2) is 0 Å². The van der Waals surface area contributed by atoms with Crippen LogP contribution in [-0.4, -0.2) is 36.1 Å². The fourth-order valence-corrected chi connectivity index (χ4v) is 2.67. The van der Waals surface area contributed by atoms with E-state index in [4.69, 9.17) is 0 Å². The molecule has 0 spiro atoms. The molecule has 1 aromatic heterocycles. The van der Waals surface area contributed by atoms with Crippen molar-refractivity contribution in [3.63, 3.8) is 0 Å². The van der Waals surface area contributed by atoms with Crippen LogP contribution in [0.25, 0.3) is 0 Å². The van der Waals surface area contributed by atoms with Gasteiger partial charge in [-0.25, -0.2) is 9.97 Å². The summed E-state index contributed by atoms with van der Waals surface area (Å²) in [6, 6.07) is 7.28. The number of alkyl halides is 3. The first-order chi connectivity index (χ1) is 10.9. The third-order valence-corrected chi connectivity index (χ3v) is 3.95. The largest absolute Gasteiger partial charge is 0.416 e. The van der Waals surface area contributed by atoms with Gasteiger partial charge in [-0.15, -0.1) is 0 Å². The number of hydrogen-bond donors (Lipinski definition) is 0. The minimum atomic E-state index is -4.29. The fraction of sp³-hybridized carbons (Fsp3) is 0.375. The molecule has 1 aromatic carbocycles. The molecule has 2 heterocycles. The van der Waals surface area contributed by atoms with Crippen molar-refractivity contribution >= 4 is 11.5 Å². The van der Waals surface area contributed by atoms with Crippen molar-refractivity contribution < 1.29 is 13.2 Å². The van der Waals surface area contributed by atoms with E-state index >= 15 is 0 Å². The highest BCUT2D eigenvalue weighted by molar-refractivity contribution is 5.50. The summed E-state index contributed by atoms with van der Waals surface area (Å²) in [5.74, 6) is 0.893. The summed E-state index contributed by atoms with van der Waals surface area (Å²) in [5, 5.41) is 0. The van der Waals surface area contributed by atoms with Gasteiger partial charge in [-0.1, -0.05) is 0 Å². The molecular weight excluding hydrogens is 305 g/mol. The Bertz CT molecular complexity index is 662. The van der Waals surface area contributed by atoms with Crippen LogP contribution in [0.15, 0.2) is 36.7 Å². The van der Waals surface area contributed by atoms with Gasteiger partial charge in [0.05, 0.1) is 5.56 Å². The van der Waals surface area contributed by atoms with Gasteiger partial charge in [-0.2, -0.15) is 13.2 Å². The summed E-state index contributed by atoms with van der Waals surface area (Å²) in [7, 11) is 0. The standard InChI is InChI=1S/C16H17F3N4/c1-12-10-15(21-11-20-12)23-8-6-22(7-9-23)14-4-2-13(3-5-14)16(17,18)19/h2-5,10-11H,6-9H2,1H3. The molecule has 23 heavy (non-hydrogen) atoms. The lowest BCUT2D eigenvalue weighted by atomic mass is 10.1. The summed E-state index contributed by atoms with van der Waals surface area (Å²) in [5.41, 5.74) is 1.12. The molecule has 3 rings (SSSR count). The maximum atomic E-state index is 12.6. The molecule has 0 unspecified atom stereocenters. The Hall–Kier alpha value is -2.31. The number of aromatic nitrogens is 2. The van der Waals surface area contributed by atoms with Crippen LogP contribution < -0.4 is 9.80 Å². The second-order valence-corrected chi connectivity index (χ2v) is 5.54. The SMILES string of the molecule is Cc1cc(N2CCN(c3ccc(C(F)(F)F)cc3)CC2)ncn1. The smallest absolute Gasteiger partial charge is 0.368 e. The minimum absolute atomic E-state index is 0.614. The van der Waals surface area contributed by atoms with Gasteiger partial charge in [0.2, 0.25) is 0 Å². The summed E-state index contributed by atoms with van der Waals surface area (Å²) in [4.78, 5) is 12.6. The Balaban J connectivity index is 1.65. The first-order valence-electron chi connectivity index (χ1n) is 7.39. The molecule has 1 fully saturated rings. The Kier molecular flexibility index (Phi) is 4.11. The molecule has 1 saturated heterocycles. The lowest BCUT2D eigenvalue weighted by molar-refractivity contribution is -0.137. The van der Waals surface area contributed by atoms with E-state index in [-0.39, 0.29) is 0 Å². The van der Waals surface area contributed by atoms with Crippen molar-refractivity contribution in [3.05, 3.63) is 47.9 Å². The highest BCUT2D eigenvalue weighted by atomic mass is 19.4. The van der Waals surface area contributed by atoms with Crippen molar-refractivity contribution in [3.8, 4) is 0 Å². The maximum absolute atomic E-state index is 12.6. The van der Waals surface area contributed by atoms with E-state index in [1.165, 1.54) is 12.1 Å². The van der Waals surface area contributed by atoms with Crippen LogP contribution in [0, 0.1) is 6.92 Å². The van der Waals surface area contributed by atoms with E-state index in [2.05, 4.69) is 19.8 Å². The molecule has 0 amide bonds. The minimum Gasteiger partial charge on any atom is -0.368 e. The zero-order valence-electron chi connectivity index (χ0n) is 12.7. The third kappa shape index (κ3) is 3.55. The van der Waals surface area contributed by atoms with E-state index in [1.54, 1.807) is 6.33 Å². The normalized spacial score (nSPS) is 15.8. The first-order valence-corrected chi connectivity index (χ1v) is 7.39. The molecule has 0 bridgehead atoms. The zero-order valence-corrected chi connectivity index (χ0v) is 12.7. The Morgan fingerprint density at radius 1 is 0.913 bits per heavy atom. The van der Waals surface area contributed by atoms with Gasteiger partial charge in [0.1, 0.15) is 12.1 Å². The number of aryl methyl sites for hydroxylation is 1. The Labute approximate surface area is 132 Å². The van der Waals surface area contributed by atoms with Gasteiger partial charge in [0, 0.05) is 43.6 Å². The van der Waals surface area contributed by atoms with Crippen LogP contribution in [0.4, 0.5) is 24.7 Å². The molecule has 7 heteroatoms. The molecule has 0 atom stereocenters. The highest BCUT2D eigenvalue weighted by Gasteiger charge is 2.30. The second-order valence-electron chi connectivity index (χ2n) is 5.54. The van der Waals surface area contributed by atoms with E-state index in [1.807, 2.05) is 13.0 Å². The van der Waals surface area contributed by atoms with E-state index in [0.717, 1.165) is 55.5 Å². The van der Waals surface area contributed by atoms with E-state index in [0.29, 0.717) is 0 Å². The lowest BCUT2D eigenvalue weighted by Gasteiger charge is -2.36. The first kappa shape index (κ1) is 15.6. The average Bonchev–Trinajstić information content (AvgIpc) is 2.54. The van der Waals surface area contributed by atoms with Crippen LogP contribution in [0.5, 0.6) is 0 Å². The summed E-state index contributed by atoms with van der Waals surface area (Å²) >= 11 is 0. The predicted octanol–water partition coefficient (Wildman–Crippen LogP) is 3.13. The molecule has 1 aliphatic heterocycles. The van der Waals surface area contributed by atoms with Crippen molar-refractivity contribution in [2.75, 3.05) is 36.0 Å². The summed E-state index contributed by atoms with van der Waals surface area (Å²) < 4.78 is 37.8. The van der Waals surface area contributed by atoms with Gasteiger partial charge in [-0.3, -0.25) is 0 Å². The van der Waals surface area contributed by atoms with Crippen LogP contribution in [0.2, 0.25) is 0 Å². The number of hydrogen-bond acceptors (Lipinski definition) is 4. The van der Waals surface area contributed by atoms with Crippen LogP contribution in [0.3, 0.4) is 0 Å². The highest BCUT2D eigenvalue weighted by Crippen LogP contribution is 2.30. The number of nitrogens with zero attached hydrogens (tertiary/aromatic N) is 4. The molecule has 0 radical (unpaired) electrons. The summed E-state index contributed by atoms with van der Waals surface area (Å²) in [6.45, 7) is 4.96. The molecule has 122 valence electrons. The third-order valence-electron chi connectivity index (χ3n) is 3.95. The van der Waals surface area contributed by atoms with E-state index in [9.17, 15) is 13.2 Å². The molecule has 1 aliphatic rings.